The van der Waals surface area contributed by atoms with Crippen molar-refractivity contribution in [3.05, 3.63) is 18.0 Å². The lowest BCUT2D eigenvalue weighted by atomic mass is 9.89. The van der Waals surface area contributed by atoms with Gasteiger partial charge in [0.2, 0.25) is 5.95 Å². The third-order valence-electron chi connectivity index (χ3n) is 2.14. The molecule has 1 heterocycles. The number of nitrogens with one attached hydrogen (secondary N) is 1. The van der Waals surface area contributed by atoms with Gasteiger partial charge in [-0.15, -0.1) is 0 Å². The number of hydrogen-bond donors (Lipinski definition) is 1. The lowest BCUT2D eigenvalue weighted by Gasteiger charge is -2.17. The van der Waals surface area contributed by atoms with E-state index in [2.05, 4.69) is 40.8 Å². The van der Waals surface area contributed by atoms with Crippen molar-refractivity contribution in [1.29, 1.82) is 0 Å². The van der Waals surface area contributed by atoms with Gasteiger partial charge in [0.25, 0.3) is 0 Å². The number of anilines is 1. The molecule has 1 aromatic heterocycles. The zero-order valence-electron chi connectivity index (χ0n) is 10.1. The lowest BCUT2D eigenvalue weighted by molar-refractivity contribution is -0.138. The van der Waals surface area contributed by atoms with Crippen LogP contribution in [-0.2, 0) is 14.9 Å². The summed E-state index contributed by atoms with van der Waals surface area (Å²) >= 11 is 0. The van der Waals surface area contributed by atoms with E-state index in [9.17, 15) is 4.79 Å². The molecule has 0 spiro atoms. The molecule has 0 radical (unpaired) electrons. The molecule has 0 aliphatic carbocycles. The van der Waals surface area contributed by atoms with E-state index < -0.39 is 0 Å². The number of methoxy groups -OCH3 is 1. The molecule has 0 unspecified atom stereocenters. The summed E-state index contributed by atoms with van der Waals surface area (Å²) < 4.78 is 4.49. The van der Waals surface area contributed by atoms with E-state index in [1.54, 1.807) is 12.4 Å². The van der Waals surface area contributed by atoms with Gasteiger partial charge in [-0.1, -0.05) is 20.8 Å². The standard InChI is InChI=1S/C11H17N3O2/c1-11(2,3)8-5-12-10(13-6-8)14-7-9(15)16-4/h5-6H,7H2,1-4H3,(H,12,13,14). The SMILES string of the molecule is COC(=O)CNc1ncc(C(C)(C)C)cn1. The molecule has 5 heteroatoms. The van der Waals surface area contributed by atoms with Crippen molar-refractivity contribution >= 4 is 11.9 Å². The molecule has 1 rings (SSSR count). The number of rotatable bonds is 3. The van der Waals surface area contributed by atoms with Crippen LogP contribution < -0.4 is 5.32 Å². The van der Waals surface area contributed by atoms with E-state index >= 15 is 0 Å². The van der Waals surface area contributed by atoms with Gasteiger partial charge in [-0.2, -0.15) is 0 Å². The van der Waals surface area contributed by atoms with Crippen LogP contribution in [0.3, 0.4) is 0 Å². The van der Waals surface area contributed by atoms with Gasteiger partial charge >= 0.3 is 5.97 Å². The number of nitrogens with zero attached hydrogens (tertiary/aromatic N) is 2. The fraction of sp³-hybridized carbons (Fsp3) is 0.545. The Bertz CT molecular complexity index is 354. The van der Waals surface area contributed by atoms with E-state index in [1.165, 1.54) is 7.11 Å². The van der Waals surface area contributed by atoms with Crippen LogP contribution in [0, 0.1) is 0 Å². The Morgan fingerprint density at radius 2 is 1.94 bits per heavy atom. The third kappa shape index (κ3) is 3.49. The molecule has 0 amide bonds. The molecule has 0 atom stereocenters. The molecule has 16 heavy (non-hydrogen) atoms. The van der Waals surface area contributed by atoms with Crippen molar-refractivity contribution in [2.75, 3.05) is 19.0 Å². The van der Waals surface area contributed by atoms with Crippen molar-refractivity contribution in [3.8, 4) is 0 Å². The summed E-state index contributed by atoms with van der Waals surface area (Å²) in [5.74, 6) is 0.0851. The molecule has 0 aliphatic rings. The Hall–Kier alpha value is -1.65. The Labute approximate surface area is 95.3 Å². The Balaban J connectivity index is 2.62. The average Bonchev–Trinajstić information content (AvgIpc) is 2.25. The fourth-order valence-electron chi connectivity index (χ4n) is 1.03. The van der Waals surface area contributed by atoms with Gasteiger partial charge in [-0.3, -0.25) is 4.79 Å². The van der Waals surface area contributed by atoms with Crippen LogP contribution >= 0.6 is 0 Å². The second kappa shape index (κ2) is 4.92. The van der Waals surface area contributed by atoms with Crippen LogP contribution in [0.15, 0.2) is 12.4 Å². The number of hydrogen-bond acceptors (Lipinski definition) is 5. The van der Waals surface area contributed by atoms with Gasteiger partial charge in [0.05, 0.1) is 7.11 Å². The highest BCUT2D eigenvalue weighted by Crippen LogP contribution is 2.20. The van der Waals surface area contributed by atoms with Crippen molar-refractivity contribution in [3.63, 3.8) is 0 Å². The van der Waals surface area contributed by atoms with Crippen molar-refractivity contribution in [1.82, 2.24) is 9.97 Å². The number of carbonyl (C=O) groups excluding carboxylic acids is 1. The Morgan fingerprint density at radius 1 is 1.38 bits per heavy atom. The second-order valence-corrected chi connectivity index (χ2v) is 4.48. The molecule has 0 aromatic carbocycles. The molecule has 0 fully saturated rings. The van der Waals surface area contributed by atoms with Crippen molar-refractivity contribution in [2.24, 2.45) is 0 Å². The summed E-state index contributed by atoms with van der Waals surface area (Å²) in [6.07, 6.45) is 3.51. The van der Waals surface area contributed by atoms with E-state index in [-0.39, 0.29) is 17.9 Å². The van der Waals surface area contributed by atoms with E-state index in [0.717, 1.165) is 5.56 Å². The third-order valence-corrected chi connectivity index (χ3v) is 2.14. The second-order valence-electron chi connectivity index (χ2n) is 4.48. The topological polar surface area (TPSA) is 64.1 Å². The van der Waals surface area contributed by atoms with Crippen LogP contribution in [0.4, 0.5) is 5.95 Å². The van der Waals surface area contributed by atoms with E-state index in [1.807, 2.05) is 0 Å². The predicted octanol–water partition coefficient (Wildman–Crippen LogP) is 1.36. The minimum absolute atomic E-state index is 0.0286. The molecule has 88 valence electrons. The molecule has 5 nitrogen and oxygen atoms in total. The number of esters is 1. The zero-order chi connectivity index (χ0) is 12.2. The van der Waals surface area contributed by atoms with Gasteiger partial charge in [0, 0.05) is 12.4 Å². The maximum Gasteiger partial charge on any atom is 0.325 e. The van der Waals surface area contributed by atoms with E-state index in [4.69, 9.17) is 0 Å². The van der Waals surface area contributed by atoms with Crippen LogP contribution in [0.2, 0.25) is 0 Å². The van der Waals surface area contributed by atoms with Crippen molar-refractivity contribution < 1.29 is 9.53 Å². The van der Waals surface area contributed by atoms with Crippen LogP contribution in [0.25, 0.3) is 0 Å². The van der Waals surface area contributed by atoms with Crippen LogP contribution in [0.5, 0.6) is 0 Å². The maximum atomic E-state index is 10.9. The first-order valence-electron chi connectivity index (χ1n) is 5.06. The first-order valence-corrected chi connectivity index (χ1v) is 5.06. The number of carbonyl (C=O) groups is 1. The average molecular weight is 223 g/mol. The first kappa shape index (κ1) is 12.4. The molecular weight excluding hydrogens is 206 g/mol. The van der Waals surface area contributed by atoms with Gasteiger partial charge in [-0.05, 0) is 11.0 Å². The molecule has 1 N–H and O–H groups in total. The fourth-order valence-corrected chi connectivity index (χ4v) is 1.03. The smallest absolute Gasteiger partial charge is 0.325 e. The summed E-state index contributed by atoms with van der Waals surface area (Å²) in [5, 5.41) is 2.78. The molecule has 0 bridgehead atoms. The summed E-state index contributed by atoms with van der Waals surface area (Å²) in [7, 11) is 1.34. The van der Waals surface area contributed by atoms with Crippen LogP contribution in [0.1, 0.15) is 26.3 Å². The van der Waals surface area contributed by atoms with Crippen molar-refractivity contribution in [2.45, 2.75) is 26.2 Å². The molecule has 0 saturated heterocycles. The maximum absolute atomic E-state index is 10.9. The molecular formula is C11H17N3O2. The quantitative estimate of drug-likeness (QED) is 0.784. The van der Waals surface area contributed by atoms with E-state index in [0.29, 0.717) is 5.95 Å². The highest BCUT2D eigenvalue weighted by Gasteiger charge is 2.14. The first-order chi connectivity index (χ1) is 7.43. The predicted molar refractivity (Wildman–Crippen MR) is 61.2 cm³/mol. The lowest BCUT2D eigenvalue weighted by Crippen LogP contribution is -2.17. The van der Waals surface area contributed by atoms with Gasteiger partial charge in [-0.25, -0.2) is 9.97 Å². The Morgan fingerprint density at radius 3 is 2.38 bits per heavy atom. The van der Waals surface area contributed by atoms with Gasteiger partial charge in [0.1, 0.15) is 6.54 Å². The minimum Gasteiger partial charge on any atom is -0.468 e. The highest BCUT2D eigenvalue weighted by atomic mass is 16.5. The zero-order valence-corrected chi connectivity index (χ0v) is 10.1. The summed E-state index contributed by atoms with van der Waals surface area (Å²) in [5.41, 5.74) is 1.08. The highest BCUT2D eigenvalue weighted by molar-refractivity contribution is 5.73. The molecule has 0 saturated carbocycles. The monoisotopic (exact) mass is 223 g/mol. The summed E-state index contributed by atoms with van der Waals surface area (Å²) in [6.45, 7) is 6.35. The largest absolute Gasteiger partial charge is 0.468 e. The normalized spacial score (nSPS) is 11.0. The van der Waals surface area contributed by atoms with Crippen LogP contribution in [-0.4, -0.2) is 29.6 Å². The summed E-state index contributed by atoms with van der Waals surface area (Å²) in [6, 6.07) is 0. The number of aromatic nitrogens is 2. The molecule has 0 aliphatic heterocycles. The minimum atomic E-state index is -0.344. The van der Waals surface area contributed by atoms with Gasteiger partial charge < -0.3 is 10.1 Å². The molecule has 1 aromatic rings. The van der Waals surface area contributed by atoms with Gasteiger partial charge in [0.15, 0.2) is 0 Å². The number of ether oxygens (including phenoxy) is 1. The Kier molecular flexibility index (Phi) is 3.82. The summed E-state index contributed by atoms with van der Waals surface area (Å²) in [4.78, 5) is 19.1.